The van der Waals surface area contributed by atoms with Crippen LogP contribution in [0.3, 0.4) is 0 Å². The standard InChI is InChI=1S/C17H33N5O5/c1-10(2)8-13(22-15(24)12(19)6-4-5-7-18)16(25)20-9-14(23)21-11(3)17(26)27/h10-13H,4-9,18-19H2,1-3H3,(H,20,25)(H,21,23)(H,22,24)(H,26,27). The van der Waals surface area contributed by atoms with Gasteiger partial charge in [0.15, 0.2) is 0 Å². The van der Waals surface area contributed by atoms with Gasteiger partial charge >= 0.3 is 5.97 Å². The Labute approximate surface area is 159 Å². The van der Waals surface area contributed by atoms with Crippen molar-refractivity contribution in [1.29, 1.82) is 0 Å². The van der Waals surface area contributed by atoms with Gasteiger partial charge in [-0.2, -0.15) is 0 Å². The van der Waals surface area contributed by atoms with Crippen LogP contribution in [0.25, 0.3) is 0 Å². The molecule has 3 unspecified atom stereocenters. The van der Waals surface area contributed by atoms with Gasteiger partial charge in [-0.1, -0.05) is 20.3 Å². The first-order valence-corrected chi connectivity index (χ1v) is 9.14. The number of nitrogens with two attached hydrogens (primary N) is 2. The number of aliphatic carboxylic acids is 1. The molecule has 0 radical (unpaired) electrons. The third-order valence-electron chi connectivity index (χ3n) is 3.82. The zero-order chi connectivity index (χ0) is 21.0. The van der Waals surface area contributed by atoms with Crippen molar-refractivity contribution in [2.24, 2.45) is 17.4 Å². The van der Waals surface area contributed by atoms with Crippen LogP contribution in [0.2, 0.25) is 0 Å². The van der Waals surface area contributed by atoms with Crippen molar-refractivity contribution in [3.05, 3.63) is 0 Å². The molecule has 0 aliphatic heterocycles. The molecule has 0 aromatic carbocycles. The van der Waals surface area contributed by atoms with Crippen LogP contribution in [0.1, 0.15) is 46.5 Å². The van der Waals surface area contributed by atoms with E-state index in [1.165, 1.54) is 6.92 Å². The second kappa shape index (κ2) is 13.0. The minimum absolute atomic E-state index is 0.121. The van der Waals surface area contributed by atoms with E-state index in [4.69, 9.17) is 16.6 Å². The van der Waals surface area contributed by atoms with Gasteiger partial charge in [0.1, 0.15) is 12.1 Å². The van der Waals surface area contributed by atoms with Crippen LogP contribution in [-0.2, 0) is 19.2 Å². The van der Waals surface area contributed by atoms with E-state index in [9.17, 15) is 19.2 Å². The molecule has 27 heavy (non-hydrogen) atoms. The number of unbranched alkanes of at least 4 members (excludes halogenated alkanes) is 1. The van der Waals surface area contributed by atoms with Gasteiger partial charge in [-0.15, -0.1) is 0 Å². The van der Waals surface area contributed by atoms with E-state index in [0.29, 0.717) is 25.8 Å². The van der Waals surface area contributed by atoms with Gasteiger partial charge < -0.3 is 32.5 Å². The van der Waals surface area contributed by atoms with Gasteiger partial charge in [0.2, 0.25) is 17.7 Å². The molecule has 0 heterocycles. The summed E-state index contributed by atoms with van der Waals surface area (Å²) in [4.78, 5) is 46.9. The van der Waals surface area contributed by atoms with Crippen LogP contribution in [0.15, 0.2) is 0 Å². The Bertz CT molecular complexity index is 512. The fraction of sp³-hybridized carbons (Fsp3) is 0.765. The number of amides is 3. The average Bonchev–Trinajstić information content (AvgIpc) is 2.58. The van der Waals surface area contributed by atoms with Gasteiger partial charge in [0.05, 0.1) is 12.6 Å². The van der Waals surface area contributed by atoms with Crippen LogP contribution in [0.4, 0.5) is 0 Å². The summed E-state index contributed by atoms with van der Waals surface area (Å²) in [5.74, 6) is -2.65. The van der Waals surface area contributed by atoms with Gasteiger partial charge in [-0.05, 0) is 38.6 Å². The number of carbonyl (C=O) groups excluding carboxylic acids is 3. The second-order valence-electron chi connectivity index (χ2n) is 6.93. The fourth-order valence-electron chi connectivity index (χ4n) is 2.27. The van der Waals surface area contributed by atoms with Crippen LogP contribution in [0.5, 0.6) is 0 Å². The monoisotopic (exact) mass is 387 g/mol. The molecule has 0 saturated heterocycles. The van der Waals surface area contributed by atoms with Crippen LogP contribution in [0, 0.1) is 5.92 Å². The molecule has 8 N–H and O–H groups in total. The number of carboxylic acids is 1. The summed E-state index contributed by atoms with van der Waals surface area (Å²) in [6.07, 6.45) is 2.32. The summed E-state index contributed by atoms with van der Waals surface area (Å²) < 4.78 is 0. The average molecular weight is 387 g/mol. The van der Waals surface area contributed by atoms with Gasteiger partial charge in [-0.25, -0.2) is 0 Å². The Hall–Kier alpha value is -2.20. The van der Waals surface area contributed by atoms with Crippen molar-refractivity contribution in [3.63, 3.8) is 0 Å². The Balaban J connectivity index is 4.64. The Morgan fingerprint density at radius 1 is 1.00 bits per heavy atom. The lowest BCUT2D eigenvalue weighted by molar-refractivity contribution is -0.141. The fourth-order valence-corrected chi connectivity index (χ4v) is 2.27. The highest BCUT2D eigenvalue weighted by molar-refractivity contribution is 5.92. The topological polar surface area (TPSA) is 177 Å². The summed E-state index contributed by atoms with van der Waals surface area (Å²) in [6, 6.07) is -2.63. The minimum atomic E-state index is -1.18. The number of hydrogen-bond donors (Lipinski definition) is 6. The van der Waals surface area contributed by atoms with E-state index in [1.54, 1.807) is 0 Å². The molecule has 0 spiro atoms. The van der Waals surface area contributed by atoms with Crippen molar-refractivity contribution in [1.82, 2.24) is 16.0 Å². The second-order valence-corrected chi connectivity index (χ2v) is 6.93. The highest BCUT2D eigenvalue weighted by Crippen LogP contribution is 2.06. The minimum Gasteiger partial charge on any atom is -0.480 e. The van der Waals surface area contributed by atoms with E-state index in [1.807, 2.05) is 13.8 Å². The van der Waals surface area contributed by atoms with Crippen LogP contribution >= 0.6 is 0 Å². The predicted octanol–water partition coefficient (Wildman–Crippen LogP) is -1.32. The first kappa shape index (κ1) is 24.8. The molecule has 156 valence electrons. The van der Waals surface area contributed by atoms with E-state index in [2.05, 4.69) is 16.0 Å². The molecule has 0 aromatic rings. The molecule has 0 aliphatic carbocycles. The predicted molar refractivity (Wildman–Crippen MR) is 101 cm³/mol. The molecule has 10 nitrogen and oxygen atoms in total. The van der Waals surface area contributed by atoms with Crippen molar-refractivity contribution in [2.45, 2.75) is 64.6 Å². The van der Waals surface area contributed by atoms with E-state index in [-0.39, 0.29) is 12.5 Å². The summed E-state index contributed by atoms with van der Waals surface area (Å²) in [5, 5.41) is 16.0. The Morgan fingerprint density at radius 2 is 1.63 bits per heavy atom. The molecule has 0 fully saturated rings. The summed E-state index contributed by atoms with van der Waals surface area (Å²) in [6.45, 7) is 5.25. The highest BCUT2D eigenvalue weighted by atomic mass is 16.4. The maximum atomic E-state index is 12.3. The molecule has 0 rings (SSSR count). The zero-order valence-corrected chi connectivity index (χ0v) is 16.3. The van der Waals surface area contributed by atoms with Gasteiger partial charge in [0, 0.05) is 0 Å². The summed E-state index contributed by atoms with van der Waals surface area (Å²) in [5.41, 5.74) is 11.2. The van der Waals surface area contributed by atoms with Crippen molar-refractivity contribution < 1.29 is 24.3 Å². The van der Waals surface area contributed by atoms with Crippen molar-refractivity contribution >= 4 is 23.7 Å². The number of hydrogen-bond acceptors (Lipinski definition) is 6. The van der Waals surface area contributed by atoms with Gasteiger partial charge in [-0.3, -0.25) is 19.2 Å². The lowest BCUT2D eigenvalue weighted by atomic mass is 10.0. The van der Waals surface area contributed by atoms with Crippen LogP contribution in [-0.4, -0.2) is 60.0 Å². The molecule has 0 aliphatic rings. The third kappa shape index (κ3) is 11.2. The molecule has 3 amide bonds. The highest BCUT2D eigenvalue weighted by Gasteiger charge is 2.25. The maximum Gasteiger partial charge on any atom is 0.325 e. The molecular weight excluding hydrogens is 354 g/mol. The molecule has 3 atom stereocenters. The molecule has 0 bridgehead atoms. The van der Waals surface area contributed by atoms with Crippen molar-refractivity contribution in [2.75, 3.05) is 13.1 Å². The number of rotatable bonds is 13. The van der Waals surface area contributed by atoms with Crippen LogP contribution < -0.4 is 27.4 Å². The van der Waals surface area contributed by atoms with E-state index in [0.717, 1.165) is 6.42 Å². The first-order valence-electron chi connectivity index (χ1n) is 9.14. The van der Waals surface area contributed by atoms with Crippen molar-refractivity contribution in [3.8, 4) is 0 Å². The molecule has 0 aromatic heterocycles. The number of carbonyl (C=O) groups is 4. The number of carboxylic acid groups (broad SMARTS) is 1. The lowest BCUT2D eigenvalue weighted by Gasteiger charge is -2.22. The molecular formula is C17H33N5O5. The Kier molecular flexibility index (Phi) is 12.0. The molecule has 0 saturated carbocycles. The van der Waals surface area contributed by atoms with Gasteiger partial charge in [0.25, 0.3) is 0 Å². The smallest absolute Gasteiger partial charge is 0.325 e. The van der Waals surface area contributed by atoms with E-state index < -0.39 is 41.8 Å². The lowest BCUT2D eigenvalue weighted by Crippen LogP contribution is -2.53. The maximum absolute atomic E-state index is 12.3. The normalized spacial score (nSPS) is 14.1. The Morgan fingerprint density at radius 3 is 2.15 bits per heavy atom. The summed E-state index contributed by atoms with van der Waals surface area (Å²) >= 11 is 0. The SMILES string of the molecule is CC(C)CC(NC(=O)C(N)CCCCN)C(=O)NCC(=O)NC(C)C(=O)O. The number of nitrogens with one attached hydrogen (secondary N) is 3. The molecule has 10 heteroatoms. The third-order valence-corrected chi connectivity index (χ3v) is 3.82. The summed E-state index contributed by atoms with van der Waals surface area (Å²) in [7, 11) is 0. The quantitative estimate of drug-likeness (QED) is 0.212. The zero-order valence-electron chi connectivity index (χ0n) is 16.3. The first-order chi connectivity index (χ1) is 12.6. The van der Waals surface area contributed by atoms with E-state index >= 15 is 0 Å². The largest absolute Gasteiger partial charge is 0.480 e.